The summed E-state index contributed by atoms with van der Waals surface area (Å²) in [5.41, 5.74) is 1.24. The molecule has 3 heteroatoms. The highest BCUT2D eigenvalue weighted by molar-refractivity contribution is 5.35. The number of aliphatic hydroxyl groups is 1. The van der Waals surface area contributed by atoms with Gasteiger partial charge in [0.2, 0.25) is 0 Å². The number of ether oxygens (including phenoxy) is 1. The SMILES string of the molecule is CC[C@@H](C)c1ccccc1OC[C@@H](O)CN(CC)C1CCCCC1. The largest absolute Gasteiger partial charge is 0.491 e. The van der Waals surface area contributed by atoms with Crippen LogP contribution in [0.15, 0.2) is 24.3 Å². The van der Waals surface area contributed by atoms with Gasteiger partial charge in [0.15, 0.2) is 0 Å². The average Bonchev–Trinajstić information content (AvgIpc) is 2.64. The van der Waals surface area contributed by atoms with Gasteiger partial charge in [-0.05, 0) is 43.4 Å². The van der Waals surface area contributed by atoms with Crippen molar-refractivity contribution < 1.29 is 9.84 Å². The smallest absolute Gasteiger partial charge is 0.122 e. The second kappa shape index (κ2) is 10.0. The van der Waals surface area contributed by atoms with Gasteiger partial charge in [-0.25, -0.2) is 0 Å². The first-order chi connectivity index (χ1) is 11.7. The molecule has 0 aromatic heterocycles. The molecule has 1 aliphatic carbocycles. The lowest BCUT2D eigenvalue weighted by molar-refractivity contribution is 0.0460. The number of aliphatic hydroxyl groups excluding tert-OH is 1. The highest BCUT2D eigenvalue weighted by atomic mass is 16.5. The first-order valence-electron chi connectivity index (χ1n) is 9.79. The van der Waals surface area contributed by atoms with Gasteiger partial charge in [-0.2, -0.15) is 0 Å². The van der Waals surface area contributed by atoms with Crippen molar-refractivity contribution in [2.75, 3.05) is 19.7 Å². The number of para-hydroxylation sites is 1. The maximum Gasteiger partial charge on any atom is 0.122 e. The van der Waals surface area contributed by atoms with E-state index in [-0.39, 0.29) is 0 Å². The lowest BCUT2D eigenvalue weighted by Crippen LogP contribution is -2.43. The van der Waals surface area contributed by atoms with Gasteiger partial charge >= 0.3 is 0 Å². The Labute approximate surface area is 148 Å². The molecule has 1 saturated carbocycles. The molecule has 0 unspecified atom stereocenters. The van der Waals surface area contributed by atoms with Gasteiger partial charge in [0.05, 0.1) is 0 Å². The zero-order valence-corrected chi connectivity index (χ0v) is 15.7. The Morgan fingerprint density at radius 1 is 1.17 bits per heavy atom. The van der Waals surface area contributed by atoms with Crippen LogP contribution in [0.3, 0.4) is 0 Å². The summed E-state index contributed by atoms with van der Waals surface area (Å²) in [4.78, 5) is 2.44. The Morgan fingerprint density at radius 3 is 2.54 bits per heavy atom. The molecule has 0 radical (unpaired) electrons. The topological polar surface area (TPSA) is 32.7 Å². The monoisotopic (exact) mass is 333 g/mol. The van der Waals surface area contributed by atoms with Crippen LogP contribution < -0.4 is 4.74 Å². The molecule has 1 aromatic rings. The molecule has 1 aliphatic rings. The van der Waals surface area contributed by atoms with Gasteiger partial charge in [0.1, 0.15) is 18.5 Å². The summed E-state index contributed by atoms with van der Waals surface area (Å²) in [5, 5.41) is 10.5. The standard InChI is InChI=1S/C21H35NO2/c1-4-17(3)20-13-9-10-14-21(20)24-16-19(23)15-22(5-2)18-11-7-6-8-12-18/h9-10,13-14,17-19,23H,4-8,11-12,15-16H2,1-3H3/t17-,19+/m1/s1. The fraction of sp³-hybridized carbons (Fsp3) is 0.714. The Bertz CT molecular complexity index is 471. The van der Waals surface area contributed by atoms with E-state index in [1.54, 1.807) is 0 Å². The lowest BCUT2D eigenvalue weighted by atomic mass is 9.94. The van der Waals surface area contributed by atoms with Gasteiger partial charge in [0.25, 0.3) is 0 Å². The molecule has 3 nitrogen and oxygen atoms in total. The Morgan fingerprint density at radius 2 is 1.88 bits per heavy atom. The maximum atomic E-state index is 10.5. The van der Waals surface area contributed by atoms with Crippen molar-refractivity contribution >= 4 is 0 Å². The Kier molecular flexibility index (Phi) is 8.07. The summed E-state index contributed by atoms with van der Waals surface area (Å²) in [5.74, 6) is 1.40. The molecule has 0 saturated heterocycles. The molecule has 1 N–H and O–H groups in total. The summed E-state index contributed by atoms with van der Waals surface area (Å²) in [6.45, 7) is 8.70. The third kappa shape index (κ3) is 5.49. The van der Waals surface area contributed by atoms with Crippen molar-refractivity contribution in [1.82, 2.24) is 4.90 Å². The molecule has 0 heterocycles. The van der Waals surface area contributed by atoms with E-state index < -0.39 is 6.10 Å². The van der Waals surface area contributed by atoms with Crippen molar-refractivity contribution in [2.45, 2.75) is 77.4 Å². The summed E-state index contributed by atoms with van der Waals surface area (Å²) in [6.07, 6.45) is 7.24. The predicted molar refractivity (Wildman–Crippen MR) is 101 cm³/mol. The van der Waals surface area contributed by atoms with Crippen LogP contribution in [0.4, 0.5) is 0 Å². The van der Waals surface area contributed by atoms with Gasteiger partial charge in [-0.3, -0.25) is 4.90 Å². The van der Waals surface area contributed by atoms with Crippen LogP contribution in [0.1, 0.15) is 70.8 Å². The first-order valence-corrected chi connectivity index (χ1v) is 9.79. The molecule has 24 heavy (non-hydrogen) atoms. The number of hydrogen-bond donors (Lipinski definition) is 1. The highest BCUT2D eigenvalue weighted by Gasteiger charge is 2.22. The molecule has 0 amide bonds. The van der Waals surface area contributed by atoms with Gasteiger partial charge in [0, 0.05) is 12.6 Å². The average molecular weight is 334 g/mol. The van der Waals surface area contributed by atoms with Crippen LogP contribution in [0.5, 0.6) is 5.75 Å². The molecule has 0 bridgehead atoms. The van der Waals surface area contributed by atoms with E-state index in [0.717, 1.165) is 18.7 Å². The third-order valence-corrected chi connectivity index (χ3v) is 5.44. The first kappa shape index (κ1) is 19.3. The van der Waals surface area contributed by atoms with Gasteiger partial charge in [-0.15, -0.1) is 0 Å². The van der Waals surface area contributed by atoms with Gasteiger partial charge in [-0.1, -0.05) is 58.2 Å². The van der Waals surface area contributed by atoms with Crippen molar-refractivity contribution in [3.05, 3.63) is 29.8 Å². The second-order valence-corrected chi connectivity index (χ2v) is 7.19. The van der Waals surface area contributed by atoms with Crippen LogP contribution in [-0.2, 0) is 0 Å². The predicted octanol–water partition coefficient (Wildman–Crippen LogP) is 4.59. The number of likely N-dealkylation sites (N-methyl/N-ethyl adjacent to an activating group) is 1. The minimum absolute atomic E-state index is 0.372. The van der Waals surface area contributed by atoms with Crippen LogP contribution >= 0.6 is 0 Å². The van der Waals surface area contributed by atoms with E-state index in [1.165, 1.54) is 37.7 Å². The van der Waals surface area contributed by atoms with E-state index in [4.69, 9.17) is 4.74 Å². The summed E-state index contributed by atoms with van der Waals surface area (Å²) >= 11 is 0. The van der Waals surface area contributed by atoms with Gasteiger partial charge < -0.3 is 9.84 Å². The van der Waals surface area contributed by atoms with E-state index in [0.29, 0.717) is 25.1 Å². The summed E-state index contributed by atoms with van der Waals surface area (Å²) in [6, 6.07) is 8.87. The summed E-state index contributed by atoms with van der Waals surface area (Å²) < 4.78 is 5.98. The minimum Gasteiger partial charge on any atom is -0.491 e. The van der Waals surface area contributed by atoms with Crippen molar-refractivity contribution in [3.63, 3.8) is 0 Å². The number of nitrogens with zero attached hydrogens (tertiary/aromatic N) is 1. The fourth-order valence-electron chi connectivity index (χ4n) is 3.73. The van der Waals surface area contributed by atoms with Crippen LogP contribution in [0, 0.1) is 0 Å². The highest BCUT2D eigenvalue weighted by Crippen LogP contribution is 2.28. The molecule has 136 valence electrons. The molecule has 2 rings (SSSR count). The zero-order chi connectivity index (χ0) is 17.4. The van der Waals surface area contributed by atoms with E-state index in [2.05, 4.69) is 37.8 Å². The van der Waals surface area contributed by atoms with Crippen molar-refractivity contribution in [1.29, 1.82) is 0 Å². The third-order valence-electron chi connectivity index (χ3n) is 5.44. The van der Waals surface area contributed by atoms with E-state index >= 15 is 0 Å². The summed E-state index contributed by atoms with van der Waals surface area (Å²) in [7, 11) is 0. The molecule has 0 spiro atoms. The molecular weight excluding hydrogens is 298 g/mol. The van der Waals surface area contributed by atoms with Crippen LogP contribution in [0.25, 0.3) is 0 Å². The molecule has 0 aliphatic heterocycles. The van der Waals surface area contributed by atoms with E-state index in [1.807, 2.05) is 12.1 Å². The van der Waals surface area contributed by atoms with Crippen LogP contribution in [-0.4, -0.2) is 41.8 Å². The lowest BCUT2D eigenvalue weighted by Gasteiger charge is -2.34. The minimum atomic E-state index is -0.433. The van der Waals surface area contributed by atoms with Crippen molar-refractivity contribution in [3.8, 4) is 5.75 Å². The Hall–Kier alpha value is -1.06. The quantitative estimate of drug-likeness (QED) is 0.717. The molecule has 2 atom stereocenters. The number of hydrogen-bond acceptors (Lipinski definition) is 3. The Balaban J connectivity index is 1.87. The number of rotatable bonds is 9. The second-order valence-electron chi connectivity index (χ2n) is 7.19. The van der Waals surface area contributed by atoms with Crippen LogP contribution in [0.2, 0.25) is 0 Å². The molecule has 1 aromatic carbocycles. The normalized spacial score (nSPS) is 18.5. The maximum absolute atomic E-state index is 10.5. The molecular formula is C21H35NO2. The molecule has 1 fully saturated rings. The number of benzene rings is 1. The van der Waals surface area contributed by atoms with Crippen molar-refractivity contribution in [2.24, 2.45) is 0 Å². The fourth-order valence-corrected chi connectivity index (χ4v) is 3.73. The zero-order valence-electron chi connectivity index (χ0n) is 15.7. The van der Waals surface area contributed by atoms with E-state index in [9.17, 15) is 5.11 Å².